The Labute approximate surface area is 182 Å². The van der Waals surface area contributed by atoms with E-state index < -0.39 is 10.0 Å². The Morgan fingerprint density at radius 1 is 0.967 bits per heavy atom. The molecule has 3 aromatic carbocycles. The van der Waals surface area contributed by atoms with Crippen LogP contribution in [0.5, 0.6) is 0 Å². The van der Waals surface area contributed by atoms with Crippen LogP contribution in [-0.4, -0.2) is 27.6 Å². The summed E-state index contributed by atoms with van der Waals surface area (Å²) in [7, 11) is -2.17. The Balaban J connectivity index is 1.85. The van der Waals surface area contributed by atoms with E-state index in [1.807, 2.05) is 37.4 Å². The molecule has 0 radical (unpaired) electrons. The van der Waals surface area contributed by atoms with Gasteiger partial charge in [0.25, 0.3) is 15.9 Å². The van der Waals surface area contributed by atoms with E-state index in [1.165, 1.54) is 11.4 Å². The van der Waals surface area contributed by atoms with E-state index in [4.69, 9.17) is 0 Å². The van der Waals surface area contributed by atoms with Crippen molar-refractivity contribution in [1.29, 1.82) is 0 Å². The van der Waals surface area contributed by atoms with Crippen molar-refractivity contribution in [3.05, 3.63) is 83.4 Å². The zero-order valence-electron chi connectivity index (χ0n) is 17.3. The fraction of sp³-hybridized carbons (Fsp3) is 0.174. The van der Waals surface area contributed by atoms with Gasteiger partial charge in [-0.25, -0.2) is 8.42 Å². The Morgan fingerprint density at radius 2 is 1.63 bits per heavy atom. The second kappa shape index (κ2) is 8.93. The number of amides is 1. The smallest absolute Gasteiger partial charge is 0.264 e. The van der Waals surface area contributed by atoms with Gasteiger partial charge in [0.2, 0.25) is 0 Å². The average Bonchev–Trinajstić information content (AvgIpc) is 2.73. The number of hydrogen-bond donors (Lipinski definition) is 1. The molecule has 0 aliphatic heterocycles. The average molecular weight is 441 g/mol. The third-order valence-corrected chi connectivity index (χ3v) is 7.41. The lowest BCUT2D eigenvalue weighted by Gasteiger charge is -2.22. The molecule has 0 saturated carbocycles. The molecule has 5 nitrogen and oxygen atoms in total. The third kappa shape index (κ3) is 4.52. The third-order valence-electron chi connectivity index (χ3n) is 4.83. The predicted molar refractivity (Wildman–Crippen MR) is 124 cm³/mol. The fourth-order valence-electron chi connectivity index (χ4n) is 3.09. The second-order valence-electron chi connectivity index (χ2n) is 6.94. The maximum atomic E-state index is 13.0. The summed E-state index contributed by atoms with van der Waals surface area (Å²) < 4.78 is 27.2. The zero-order valence-corrected chi connectivity index (χ0v) is 19.0. The number of carbonyl (C=O) groups excluding carboxylic acids is 1. The van der Waals surface area contributed by atoms with Gasteiger partial charge in [-0.15, -0.1) is 11.8 Å². The molecule has 0 bridgehead atoms. The Morgan fingerprint density at radius 3 is 2.27 bits per heavy atom. The summed E-state index contributed by atoms with van der Waals surface area (Å²) >= 11 is 1.56. The van der Waals surface area contributed by atoms with Gasteiger partial charge >= 0.3 is 0 Å². The summed E-state index contributed by atoms with van der Waals surface area (Å²) in [6.07, 6.45) is 1.95. The van der Waals surface area contributed by atoms with Crippen molar-refractivity contribution >= 4 is 39.1 Å². The molecule has 0 aliphatic rings. The minimum Gasteiger partial charge on any atom is -0.321 e. The summed E-state index contributed by atoms with van der Waals surface area (Å²) in [5, 5.41) is 2.92. The predicted octanol–water partition coefficient (Wildman–Crippen LogP) is 5.10. The highest BCUT2D eigenvalue weighted by atomic mass is 32.2. The normalized spacial score (nSPS) is 11.2. The second-order valence-corrected chi connectivity index (χ2v) is 9.76. The molecule has 7 heteroatoms. The molecule has 1 N–H and O–H groups in total. The maximum absolute atomic E-state index is 13.0. The van der Waals surface area contributed by atoms with Crippen molar-refractivity contribution < 1.29 is 13.2 Å². The van der Waals surface area contributed by atoms with Gasteiger partial charge in [-0.2, -0.15) is 0 Å². The molecule has 156 valence electrons. The number of aryl methyl sites for hydroxylation is 2. The Kier molecular flexibility index (Phi) is 6.53. The SMILES string of the molecule is CSc1ccccc1NC(=O)c1ccc(N(C)S(=O)(=O)c2ccc(C)cc2)c(C)c1. The van der Waals surface area contributed by atoms with Crippen LogP contribution in [0.15, 0.2) is 76.5 Å². The lowest BCUT2D eigenvalue weighted by molar-refractivity contribution is 0.102. The van der Waals surface area contributed by atoms with Gasteiger partial charge < -0.3 is 5.32 Å². The first-order valence-electron chi connectivity index (χ1n) is 9.34. The van der Waals surface area contributed by atoms with Gasteiger partial charge in [-0.1, -0.05) is 29.8 Å². The molecule has 0 atom stereocenters. The van der Waals surface area contributed by atoms with Crippen LogP contribution in [0.25, 0.3) is 0 Å². The van der Waals surface area contributed by atoms with Gasteiger partial charge in [-0.3, -0.25) is 9.10 Å². The van der Waals surface area contributed by atoms with Crippen LogP contribution >= 0.6 is 11.8 Å². The topological polar surface area (TPSA) is 66.5 Å². The first kappa shape index (κ1) is 21.9. The van der Waals surface area contributed by atoms with Gasteiger partial charge in [0.1, 0.15) is 0 Å². The molecule has 0 fully saturated rings. The van der Waals surface area contributed by atoms with Gasteiger partial charge in [0, 0.05) is 17.5 Å². The summed E-state index contributed by atoms with van der Waals surface area (Å²) in [5.74, 6) is -0.241. The zero-order chi connectivity index (χ0) is 21.9. The molecule has 0 spiro atoms. The summed E-state index contributed by atoms with van der Waals surface area (Å²) in [6.45, 7) is 3.70. The van der Waals surface area contributed by atoms with E-state index in [0.717, 1.165) is 16.1 Å². The Hall–Kier alpha value is -2.77. The molecule has 0 unspecified atom stereocenters. The van der Waals surface area contributed by atoms with Crippen molar-refractivity contribution in [2.75, 3.05) is 22.9 Å². The highest BCUT2D eigenvalue weighted by Gasteiger charge is 2.23. The maximum Gasteiger partial charge on any atom is 0.264 e. The summed E-state index contributed by atoms with van der Waals surface area (Å²) in [6, 6.07) is 19.3. The minimum absolute atomic E-state index is 0.227. The number of sulfonamides is 1. The molecule has 0 aromatic heterocycles. The number of carbonyl (C=O) groups is 1. The lowest BCUT2D eigenvalue weighted by Crippen LogP contribution is -2.27. The summed E-state index contributed by atoms with van der Waals surface area (Å²) in [5.41, 5.74) is 3.42. The van der Waals surface area contributed by atoms with Crippen LogP contribution in [0.2, 0.25) is 0 Å². The van der Waals surface area contributed by atoms with Crippen LogP contribution in [0.3, 0.4) is 0 Å². The molecule has 3 rings (SSSR count). The molecular weight excluding hydrogens is 416 g/mol. The molecular formula is C23H24N2O3S2. The molecule has 1 amide bonds. The van der Waals surface area contributed by atoms with Crippen LogP contribution in [0.1, 0.15) is 21.5 Å². The van der Waals surface area contributed by atoms with E-state index in [1.54, 1.807) is 61.2 Å². The highest BCUT2D eigenvalue weighted by Crippen LogP contribution is 2.28. The van der Waals surface area contributed by atoms with E-state index in [-0.39, 0.29) is 10.8 Å². The first-order chi connectivity index (χ1) is 14.2. The van der Waals surface area contributed by atoms with E-state index in [0.29, 0.717) is 16.8 Å². The summed E-state index contributed by atoms with van der Waals surface area (Å²) in [4.78, 5) is 13.9. The monoisotopic (exact) mass is 440 g/mol. The Bertz CT molecular complexity index is 1170. The number of para-hydroxylation sites is 1. The quantitative estimate of drug-likeness (QED) is 0.542. The van der Waals surface area contributed by atoms with Gasteiger partial charge in [0.15, 0.2) is 0 Å². The number of nitrogens with zero attached hydrogens (tertiary/aromatic N) is 1. The number of nitrogens with one attached hydrogen (secondary N) is 1. The van der Waals surface area contributed by atoms with Crippen molar-refractivity contribution in [1.82, 2.24) is 0 Å². The number of benzene rings is 3. The number of hydrogen-bond acceptors (Lipinski definition) is 4. The van der Waals surface area contributed by atoms with Crippen LogP contribution in [-0.2, 0) is 10.0 Å². The number of rotatable bonds is 6. The number of thioether (sulfide) groups is 1. The first-order valence-corrected chi connectivity index (χ1v) is 12.0. The molecule has 3 aromatic rings. The van der Waals surface area contributed by atoms with E-state index in [2.05, 4.69) is 5.32 Å². The molecule has 0 aliphatic carbocycles. The van der Waals surface area contributed by atoms with Crippen LogP contribution in [0.4, 0.5) is 11.4 Å². The highest BCUT2D eigenvalue weighted by molar-refractivity contribution is 7.98. The standard InChI is InChI=1S/C23H24N2O3S2/c1-16-9-12-19(13-10-16)30(27,28)25(3)21-14-11-18(15-17(21)2)23(26)24-20-7-5-6-8-22(20)29-4/h5-15H,1-4H3,(H,24,26). The molecule has 0 heterocycles. The van der Waals surface area contributed by atoms with Gasteiger partial charge in [0.05, 0.1) is 16.3 Å². The van der Waals surface area contributed by atoms with E-state index in [9.17, 15) is 13.2 Å². The number of anilines is 2. The van der Waals surface area contributed by atoms with Crippen molar-refractivity contribution in [2.24, 2.45) is 0 Å². The van der Waals surface area contributed by atoms with Crippen molar-refractivity contribution in [2.45, 2.75) is 23.6 Å². The van der Waals surface area contributed by atoms with Crippen LogP contribution < -0.4 is 9.62 Å². The molecule has 30 heavy (non-hydrogen) atoms. The molecule has 0 saturated heterocycles. The van der Waals surface area contributed by atoms with Crippen molar-refractivity contribution in [3.63, 3.8) is 0 Å². The van der Waals surface area contributed by atoms with Gasteiger partial charge in [-0.05, 0) is 68.1 Å². The minimum atomic E-state index is -3.69. The largest absolute Gasteiger partial charge is 0.321 e. The van der Waals surface area contributed by atoms with Crippen LogP contribution in [0, 0.1) is 13.8 Å². The van der Waals surface area contributed by atoms with Crippen molar-refractivity contribution in [3.8, 4) is 0 Å². The lowest BCUT2D eigenvalue weighted by atomic mass is 10.1. The fourth-order valence-corrected chi connectivity index (χ4v) is 4.90. The van der Waals surface area contributed by atoms with E-state index >= 15 is 0 Å².